The lowest BCUT2D eigenvalue weighted by molar-refractivity contribution is 0.0991. The fourth-order valence-corrected chi connectivity index (χ4v) is 5.61. The molecule has 5 heteroatoms. The first kappa shape index (κ1) is 18.5. The summed E-state index contributed by atoms with van der Waals surface area (Å²) in [6.07, 6.45) is -0.297. The number of carbonyl (C=O) groups is 1. The molecule has 21 heavy (non-hydrogen) atoms. The van der Waals surface area contributed by atoms with E-state index in [1.54, 1.807) is 0 Å². The molecule has 0 spiro atoms. The van der Waals surface area contributed by atoms with E-state index in [0.29, 0.717) is 5.56 Å². The summed E-state index contributed by atoms with van der Waals surface area (Å²) in [5.41, 5.74) is 3.43. The normalized spacial score (nSPS) is 12.2. The van der Waals surface area contributed by atoms with E-state index < -0.39 is 6.49 Å². The van der Waals surface area contributed by atoms with Gasteiger partial charge in [-0.25, -0.2) is 0 Å². The molecular weight excluding hydrogens is 303 g/mol. The SMILES string of the molecule is Cc1cc(C)c(C(=O)P(=S)(OC(C)C)OC(C)C)c(C)c1. The minimum Gasteiger partial charge on any atom is -0.321 e. The van der Waals surface area contributed by atoms with Gasteiger partial charge in [0.25, 0.3) is 6.49 Å². The quantitative estimate of drug-likeness (QED) is 0.695. The summed E-state index contributed by atoms with van der Waals surface area (Å²) in [4.78, 5) is 13.0. The highest BCUT2D eigenvalue weighted by atomic mass is 32.5. The van der Waals surface area contributed by atoms with Crippen molar-refractivity contribution < 1.29 is 13.8 Å². The molecule has 0 N–H and O–H groups in total. The summed E-state index contributed by atoms with van der Waals surface area (Å²) in [6, 6.07) is 3.98. The summed E-state index contributed by atoms with van der Waals surface area (Å²) in [5, 5.41) is 0. The van der Waals surface area contributed by atoms with E-state index in [2.05, 4.69) is 0 Å². The lowest BCUT2D eigenvalue weighted by atomic mass is 10.0. The van der Waals surface area contributed by atoms with E-state index in [1.165, 1.54) is 0 Å². The summed E-state index contributed by atoms with van der Waals surface area (Å²) < 4.78 is 11.5. The van der Waals surface area contributed by atoms with Crippen molar-refractivity contribution in [1.29, 1.82) is 0 Å². The van der Waals surface area contributed by atoms with Crippen LogP contribution in [0, 0.1) is 20.8 Å². The first-order chi connectivity index (χ1) is 9.56. The summed E-state index contributed by atoms with van der Waals surface area (Å²) in [7, 11) is 0. The molecule has 0 saturated heterocycles. The van der Waals surface area contributed by atoms with Crippen LogP contribution in [0.4, 0.5) is 0 Å². The second kappa shape index (κ2) is 7.15. The van der Waals surface area contributed by atoms with Crippen molar-refractivity contribution in [2.75, 3.05) is 0 Å². The standard InChI is InChI=1S/C16H25O3PS/c1-10(2)18-20(21,19-11(3)4)16(17)15-13(6)8-12(5)9-14(15)7/h8-11H,1-7H3. The fraction of sp³-hybridized carbons (Fsp3) is 0.562. The summed E-state index contributed by atoms with van der Waals surface area (Å²) in [6.45, 7) is 10.3. The Morgan fingerprint density at radius 3 is 1.71 bits per heavy atom. The zero-order valence-corrected chi connectivity index (χ0v) is 15.6. The van der Waals surface area contributed by atoms with Crippen LogP contribution in [-0.2, 0) is 20.9 Å². The molecule has 0 radical (unpaired) electrons. The second-order valence-electron chi connectivity index (χ2n) is 5.88. The van der Waals surface area contributed by atoms with Crippen molar-refractivity contribution in [3.8, 4) is 0 Å². The predicted octanol–water partition coefficient (Wildman–Crippen LogP) is 4.91. The van der Waals surface area contributed by atoms with Crippen molar-refractivity contribution in [2.24, 2.45) is 0 Å². The molecule has 1 aromatic rings. The zero-order valence-electron chi connectivity index (χ0n) is 13.9. The topological polar surface area (TPSA) is 35.5 Å². The van der Waals surface area contributed by atoms with Crippen molar-refractivity contribution in [3.05, 3.63) is 34.4 Å². The molecule has 0 aliphatic carbocycles. The number of aryl methyl sites for hydroxylation is 3. The van der Waals surface area contributed by atoms with Gasteiger partial charge in [-0.15, -0.1) is 0 Å². The van der Waals surface area contributed by atoms with Gasteiger partial charge in [-0.3, -0.25) is 4.79 Å². The smallest absolute Gasteiger partial charge is 0.260 e. The molecule has 3 nitrogen and oxygen atoms in total. The van der Waals surface area contributed by atoms with Crippen molar-refractivity contribution in [2.45, 2.75) is 60.7 Å². The largest absolute Gasteiger partial charge is 0.321 e. The van der Waals surface area contributed by atoms with Gasteiger partial charge in [0, 0.05) is 5.56 Å². The third-order valence-electron chi connectivity index (χ3n) is 2.84. The van der Waals surface area contributed by atoms with Crippen LogP contribution in [-0.4, -0.2) is 17.7 Å². The summed E-state index contributed by atoms with van der Waals surface area (Å²) >= 11 is 5.53. The van der Waals surface area contributed by atoms with E-state index >= 15 is 0 Å². The summed E-state index contributed by atoms with van der Waals surface area (Å²) in [5.74, 6) is 0. The predicted molar refractivity (Wildman–Crippen MR) is 91.7 cm³/mol. The highest BCUT2D eigenvalue weighted by molar-refractivity contribution is 8.18. The van der Waals surface area contributed by atoms with Crippen LogP contribution in [0.15, 0.2) is 12.1 Å². The minimum absolute atomic E-state index is 0.149. The molecule has 0 saturated carbocycles. The Morgan fingerprint density at radius 1 is 1.00 bits per heavy atom. The van der Waals surface area contributed by atoms with Gasteiger partial charge in [-0.2, -0.15) is 0 Å². The molecule has 0 aliphatic rings. The highest BCUT2D eigenvalue weighted by Gasteiger charge is 2.34. The molecule has 0 amide bonds. The van der Waals surface area contributed by atoms with E-state index in [0.717, 1.165) is 16.7 Å². The Labute approximate surface area is 133 Å². The van der Waals surface area contributed by atoms with Gasteiger partial charge in [-0.1, -0.05) is 17.7 Å². The number of carbonyl (C=O) groups excluding carboxylic acids is 1. The average Bonchev–Trinajstić information content (AvgIpc) is 2.24. The lowest BCUT2D eigenvalue weighted by Gasteiger charge is -2.26. The molecular formula is C16H25O3PS. The van der Waals surface area contributed by atoms with Gasteiger partial charge in [0.1, 0.15) is 0 Å². The van der Waals surface area contributed by atoms with Crippen LogP contribution in [0.1, 0.15) is 54.7 Å². The fourth-order valence-electron chi connectivity index (χ4n) is 2.33. The zero-order chi connectivity index (χ0) is 16.4. The maximum atomic E-state index is 13.0. The van der Waals surface area contributed by atoms with Crippen molar-refractivity contribution in [3.63, 3.8) is 0 Å². The Balaban J connectivity index is 3.33. The Kier molecular flexibility index (Phi) is 6.30. The molecule has 1 aromatic carbocycles. The average molecular weight is 328 g/mol. The van der Waals surface area contributed by atoms with Gasteiger partial charge < -0.3 is 9.05 Å². The van der Waals surface area contributed by atoms with E-state index in [-0.39, 0.29) is 17.7 Å². The number of hydrogen-bond donors (Lipinski definition) is 0. The molecule has 0 atom stereocenters. The van der Waals surface area contributed by atoms with Gasteiger partial charge in [0.15, 0.2) is 0 Å². The third kappa shape index (κ3) is 4.72. The first-order valence-corrected chi connectivity index (χ1v) is 9.80. The molecule has 118 valence electrons. The van der Waals surface area contributed by atoms with E-state index in [9.17, 15) is 4.79 Å². The Hall–Kier alpha value is -0.540. The third-order valence-corrected chi connectivity index (χ3v) is 5.97. The maximum Gasteiger partial charge on any atom is 0.260 e. The first-order valence-electron chi connectivity index (χ1n) is 7.16. The lowest BCUT2D eigenvalue weighted by Crippen LogP contribution is -2.16. The molecule has 0 aliphatic heterocycles. The van der Waals surface area contributed by atoms with Gasteiger partial charge >= 0.3 is 0 Å². The Morgan fingerprint density at radius 2 is 1.38 bits per heavy atom. The van der Waals surface area contributed by atoms with E-state index in [1.807, 2.05) is 60.6 Å². The van der Waals surface area contributed by atoms with Crippen molar-refractivity contribution >= 4 is 23.8 Å². The number of rotatable bonds is 6. The molecule has 0 heterocycles. The minimum atomic E-state index is -3.02. The van der Waals surface area contributed by atoms with Crippen LogP contribution in [0.25, 0.3) is 0 Å². The van der Waals surface area contributed by atoms with Gasteiger partial charge in [0.2, 0.25) is 5.52 Å². The van der Waals surface area contributed by atoms with Crippen LogP contribution in [0.2, 0.25) is 0 Å². The highest BCUT2D eigenvalue weighted by Crippen LogP contribution is 2.54. The van der Waals surface area contributed by atoms with Crippen LogP contribution >= 0.6 is 6.49 Å². The van der Waals surface area contributed by atoms with Gasteiger partial charge in [0.05, 0.1) is 12.2 Å². The molecule has 0 aromatic heterocycles. The number of benzene rings is 1. The molecule has 0 bridgehead atoms. The van der Waals surface area contributed by atoms with Gasteiger partial charge in [-0.05, 0) is 71.4 Å². The van der Waals surface area contributed by atoms with Crippen LogP contribution in [0.5, 0.6) is 0 Å². The van der Waals surface area contributed by atoms with Crippen molar-refractivity contribution in [1.82, 2.24) is 0 Å². The Bertz CT molecular complexity index is 542. The van der Waals surface area contributed by atoms with E-state index in [4.69, 9.17) is 20.9 Å². The molecule has 1 rings (SSSR count). The molecule has 0 unspecified atom stereocenters. The monoisotopic (exact) mass is 328 g/mol. The maximum absolute atomic E-state index is 13.0. The van der Waals surface area contributed by atoms with Crippen LogP contribution < -0.4 is 0 Å². The van der Waals surface area contributed by atoms with Crippen LogP contribution in [0.3, 0.4) is 0 Å². The second-order valence-corrected chi connectivity index (χ2v) is 9.15. The molecule has 0 fully saturated rings. The number of hydrogen-bond acceptors (Lipinski definition) is 4.